The summed E-state index contributed by atoms with van der Waals surface area (Å²) in [4.78, 5) is 18.1. The summed E-state index contributed by atoms with van der Waals surface area (Å²) in [5.41, 5.74) is 0.909. The third-order valence-corrected chi connectivity index (χ3v) is 3.27. The van der Waals surface area contributed by atoms with Crippen molar-refractivity contribution in [3.63, 3.8) is 0 Å². The molecule has 100 valence electrons. The van der Waals surface area contributed by atoms with Crippen LogP contribution < -0.4 is 5.32 Å². The van der Waals surface area contributed by atoms with Crippen molar-refractivity contribution in [3.8, 4) is 0 Å². The number of oxazole rings is 1. The lowest BCUT2D eigenvalue weighted by molar-refractivity contribution is -0.130. The topological polar surface area (TPSA) is 58.4 Å². The summed E-state index contributed by atoms with van der Waals surface area (Å²) in [5, 5.41) is 3.09. The standard InChI is InChI=1S/C13H21N3O2/c1-4-16(11-5-6-11)13(17)8-14-7-12-15-9(2)10(3)18-12/h11,14H,4-8H2,1-3H3. The smallest absolute Gasteiger partial charge is 0.236 e. The van der Waals surface area contributed by atoms with Crippen LogP contribution in [0.25, 0.3) is 0 Å². The molecule has 1 fully saturated rings. The number of likely N-dealkylation sites (N-methyl/N-ethyl adjacent to an activating group) is 1. The zero-order valence-corrected chi connectivity index (χ0v) is 11.3. The van der Waals surface area contributed by atoms with Gasteiger partial charge in [-0.3, -0.25) is 10.1 Å². The summed E-state index contributed by atoms with van der Waals surface area (Å²) in [6, 6.07) is 0.482. The second-order valence-corrected chi connectivity index (χ2v) is 4.76. The van der Waals surface area contributed by atoms with Gasteiger partial charge in [-0.05, 0) is 33.6 Å². The fourth-order valence-corrected chi connectivity index (χ4v) is 2.02. The molecule has 1 saturated carbocycles. The lowest BCUT2D eigenvalue weighted by Gasteiger charge is -2.20. The molecule has 1 aromatic heterocycles. The molecule has 0 saturated heterocycles. The highest BCUT2D eigenvalue weighted by molar-refractivity contribution is 5.78. The number of rotatable bonds is 6. The molecule has 1 aliphatic rings. The van der Waals surface area contributed by atoms with E-state index in [9.17, 15) is 4.79 Å². The summed E-state index contributed by atoms with van der Waals surface area (Å²) in [6.07, 6.45) is 2.30. The molecule has 0 radical (unpaired) electrons. The normalized spacial score (nSPS) is 14.8. The molecule has 1 N–H and O–H groups in total. The Morgan fingerprint density at radius 1 is 1.50 bits per heavy atom. The van der Waals surface area contributed by atoms with Crippen LogP contribution in [0.15, 0.2) is 4.42 Å². The molecular formula is C13H21N3O2. The first-order valence-corrected chi connectivity index (χ1v) is 6.55. The van der Waals surface area contributed by atoms with Gasteiger partial charge in [0, 0.05) is 12.6 Å². The molecule has 1 amide bonds. The van der Waals surface area contributed by atoms with Gasteiger partial charge in [0.25, 0.3) is 0 Å². The number of carbonyl (C=O) groups excluding carboxylic acids is 1. The van der Waals surface area contributed by atoms with Gasteiger partial charge >= 0.3 is 0 Å². The SMILES string of the molecule is CCN(C(=O)CNCc1nc(C)c(C)o1)C1CC1. The van der Waals surface area contributed by atoms with E-state index in [1.807, 2.05) is 25.7 Å². The van der Waals surface area contributed by atoms with Crippen LogP contribution in [0.3, 0.4) is 0 Å². The molecule has 0 unspecified atom stereocenters. The number of nitrogens with zero attached hydrogens (tertiary/aromatic N) is 2. The minimum absolute atomic E-state index is 0.167. The maximum absolute atomic E-state index is 11.9. The van der Waals surface area contributed by atoms with Gasteiger partial charge < -0.3 is 9.32 Å². The van der Waals surface area contributed by atoms with Crippen molar-refractivity contribution in [2.75, 3.05) is 13.1 Å². The Labute approximate surface area is 108 Å². The van der Waals surface area contributed by atoms with Gasteiger partial charge in [-0.1, -0.05) is 0 Å². The summed E-state index contributed by atoms with van der Waals surface area (Å²) >= 11 is 0. The van der Waals surface area contributed by atoms with Crippen LogP contribution in [0.1, 0.15) is 37.1 Å². The monoisotopic (exact) mass is 251 g/mol. The summed E-state index contributed by atoms with van der Waals surface area (Å²) in [7, 11) is 0. The van der Waals surface area contributed by atoms with Gasteiger partial charge in [-0.2, -0.15) is 0 Å². The highest BCUT2D eigenvalue weighted by atomic mass is 16.4. The Bertz CT molecular complexity index is 404. The van der Waals surface area contributed by atoms with Crippen molar-refractivity contribution in [1.82, 2.24) is 15.2 Å². The van der Waals surface area contributed by atoms with E-state index in [4.69, 9.17) is 4.42 Å². The van der Waals surface area contributed by atoms with Crippen molar-refractivity contribution in [1.29, 1.82) is 0 Å². The van der Waals surface area contributed by atoms with E-state index in [2.05, 4.69) is 10.3 Å². The van der Waals surface area contributed by atoms with Crippen LogP contribution in [0, 0.1) is 13.8 Å². The van der Waals surface area contributed by atoms with E-state index < -0.39 is 0 Å². The number of hydrogen-bond donors (Lipinski definition) is 1. The summed E-state index contributed by atoms with van der Waals surface area (Å²) in [5.74, 6) is 1.65. The van der Waals surface area contributed by atoms with E-state index in [0.29, 0.717) is 25.0 Å². The van der Waals surface area contributed by atoms with Crippen molar-refractivity contribution in [2.45, 2.75) is 46.2 Å². The third kappa shape index (κ3) is 3.10. The first-order chi connectivity index (χ1) is 8.61. The molecular weight excluding hydrogens is 230 g/mol. The average molecular weight is 251 g/mol. The van der Waals surface area contributed by atoms with Gasteiger partial charge in [-0.25, -0.2) is 4.98 Å². The predicted octanol–water partition coefficient (Wildman–Crippen LogP) is 1.39. The fraction of sp³-hybridized carbons (Fsp3) is 0.692. The second-order valence-electron chi connectivity index (χ2n) is 4.76. The van der Waals surface area contributed by atoms with Crippen LogP contribution in [-0.2, 0) is 11.3 Å². The first kappa shape index (κ1) is 13.1. The molecule has 1 heterocycles. The molecule has 18 heavy (non-hydrogen) atoms. The third-order valence-electron chi connectivity index (χ3n) is 3.27. The number of hydrogen-bond acceptors (Lipinski definition) is 4. The molecule has 0 spiro atoms. The predicted molar refractivity (Wildman–Crippen MR) is 68.1 cm³/mol. The van der Waals surface area contributed by atoms with E-state index in [-0.39, 0.29) is 5.91 Å². The molecule has 0 aromatic carbocycles. The first-order valence-electron chi connectivity index (χ1n) is 6.55. The van der Waals surface area contributed by atoms with Crippen molar-refractivity contribution < 1.29 is 9.21 Å². The number of aromatic nitrogens is 1. The van der Waals surface area contributed by atoms with Crippen LogP contribution in [0.4, 0.5) is 0 Å². The van der Waals surface area contributed by atoms with Crippen molar-refractivity contribution in [3.05, 3.63) is 17.3 Å². The van der Waals surface area contributed by atoms with E-state index >= 15 is 0 Å². The molecule has 0 bridgehead atoms. The number of amides is 1. The number of nitrogens with one attached hydrogen (secondary N) is 1. The molecule has 0 atom stereocenters. The minimum atomic E-state index is 0.167. The Morgan fingerprint density at radius 2 is 2.22 bits per heavy atom. The minimum Gasteiger partial charge on any atom is -0.444 e. The largest absolute Gasteiger partial charge is 0.444 e. The lowest BCUT2D eigenvalue weighted by Crippen LogP contribution is -2.39. The van der Waals surface area contributed by atoms with Crippen LogP contribution in [0.2, 0.25) is 0 Å². The Kier molecular flexibility index (Phi) is 4.01. The fourth-order valence-electron chi connectivity index (χ4n) is 2.02. The molecule has 1 aromatic rings. The van der Waals surface area contributed by atoms with Gasteiger partial charge in [0.2, 0.25) is 11.8 Å². The number of aryl methyl sites for hydroxylation is 2. The molecule has 0 aliphatic heterocycles. The quantitative estimate of drug-likeness (QED) is 0.830. The van der Waals surface area contributed by atoms with Crippen molar-refractivity contribution >= 4 is 5.91 Å². The summed E-state index contributed by atoms with van der Waals surface area (Å²) < 4.78 is 5.44. The van der Waals surface area contributed by atoms with Crippen molar-refractivity contribution in [2.24, 2.45) is 0 Å². The van der Waals surface area contributed by atoms with E-state index in [0.717, 1.165) is 30.8 Å². The Morgan fingerprint density at radius 3 is 2.72 bits per heavy atom. The molecule has 1 aliphatic carbocycles. The zero-order chi connectivity index (χ0) is 13.1. The van der Waals surface area contributed by atoms with Gasteiger partial charge in [-0.15, -0.1) is 0 Å². The van der Waals surface area contributed by atoms with E-state index in [1.54, 1.807) is 0 Å². The Hall–Kier alpha value is -1.36. The molecule has 2 rings (SSSR count). The summed E-state index contributed by atoms with van der Waals surface area (Å²) in [6.45, 7) is 7.48. The maximum atomic E-state index is 11.9. The number of carbonyl (C=O) groups is 1. The van der Waals surface area contributed by atoms with Crippen LogP contribution in [0.5, 0.6) is 0 Å². The van der Waals surface area contributed by atoms with Gasteiger partial charge in [0.05, 0.1) is 18.8 Å². The molecule has 5 nitrogen and oxygen atoms in total. The highest BCUT2D eigenvalue weighted by Crippen LogP contribution is 2.26. The average Bonchev–Trinajstić information content (AvgIpc) is 3.09. The van der Waals surface area contributed by atoms with Crippen LogP contribution >= 0.6 is 0 Å². The van der Waals surface area contributed by atoms with Crippen LogP contribution in [-0.4, -0.2) is 34.9 Å². The Balaban J connectivity index is 1.75. The maximum Gasteiger partial charge on any atom is 0.236 e. The lowest BCUT2D eigenvalue weighted by atomic mass is 10.4. The van der Waals surface area contributed by atoms with E-state index in [1.165, 1.54) is 0 Å². The highest BCUT2D eigenvalue weighted by Gasteiger charge is 2.30. The zero-order valence-electron chi connectivity index (χ0n) is 11.3. The van der Waals surface area contributed by atoms with Gasteiger partial charge in [0.1, 0.15) is 5.76 Å². The molecule has 5 heteroatoms. The van der Waals surface area contributed by atoms with Gasteiger partial charge in [0.15, 0.2) is 0 Å². The second kappa shape index (κ2) is 5.52.